The molecule has 0 aromatic heterocycles. The number of carbonyl (C=O) groups is 3. The Balaban J connectivity index is 2.12. The van der Waals surface area contributed by atoms with Crippen molar-refractivity contribution in [1.29, 1.82) is 0 Å². The van der Waals surface area contributed by atoms with Crippen LogP contribution in [0.1, 0.15) is 15.9 Å². The van der Waals surface area contributed by atoms with E-state index in [9.17, 15) is 27.6 Å². The Morgan fingerprint density at radius 2 is 1.58 bits per heavy atom. The van der Waals surface area contributed by atoms with Gasteiger partial charge in [-0.15, -0.1) is 0 Å². The van der Waals surface area contributed by atoms with Gasteiger partial charge < -0.3 is 15.4 Å². The van der Waals surface area contributed by atoms with Gasteiger partial charge in [0, 0.05) is 5.69 Å². The highest BCUT2D eigenvalue weighted by atomic mass is 19.4. The van der Waals surface area contributed by atoms with Crippen LogP contribution >= 0.6 is 0 Å². The van der Waals surface area contributed by atoms with Gasteiger partial charge in [-0.3, -0.25) is 9.59 Å². The van der Waals surface area contributed by atoms with Crippen LogP contribution < -0.4 is 10.6 Å². The lowest BCUT2D eigenvalue weighted by molar-refractivity contribution is -0.137. The van der Waals surface area contributed by atoms with Crippen LogP contribution in [0.25, 0.3) is 0 Å². The molecule has 0 spiro atoms. The zero-order chi connectivity index (χ0) is 19.3. The second kappa shape index (κ2) is 7.68. The van der Waals surface area contributed by atoms with Gasteiger partial charge in [0.1, 0.15) is 0 Å². The normalized spacial score (nSPS) is 10.8. The fourth-order valence-corrected chi connectivity index (χ4v) is 2.05. The molecule has 0 aliphatic rings. The lowest BCUT2D eigenvalue weighted by Crippen LogP contribution is -2.30. The number of alkyl halides is 3. The van der Waals surface area contributed by atoms with Crippen LogP contribution in [-0.2, 0) is 20.5 Å². The smallest absolute Gasteiger partial charge is 0.418 e. The van der Waals surface area contributed by atoms with Crippen molar-refractivity contribution < 1.29 is 32.3 Å². The van der Waals surface area contributed by atoms with Crippen molar-refractivity contribution in [3.8, 4) is 0 Å². The van der Waals surface area contributed by atoms with E-state index in [2.05, 4.69) is 10.1 Å². The van der Waals surface area contributed by atoms with E-state index in [1.165, 1.54) is 37.4 Å². The van der Waals surface area contributed by atoms with Gasteiger partial charge in [-0.25, -0.2) is 4.79 Å². The van der Waals surface area contributed by atoms with E-state index < -0.39 is 35.2 Å². The fraction of sp³-hybridized carbons (Fsp3) is 0.118. The maximum absolute atomic E-state index is 12.9. The first-order chi connectivity index (χ1) is 12.2. The predicted octanol–water partition coefficient (Wildman–Crippen LogP) is 3.07. The van der Waals surface area contributed by atoms with Gasteiger partial charge in [-0.2, -0.15) is 13.2 Å². The number of carbonyl (C=O) groups excluding carboxylic acids is 3. The number of nitrogens with one attached hydrogen (secondary N) is 2. The Morgan fingerprint density at radius 3 is 2.23 bits per heavy atom. The maximum atomic E-state index is 12.9. The molecule has 2 amide bonds. The highest BCUT2D eigenvalue weighted by molar-refractivity contribution is 6.43. The molecule has 2 aromatic carbocycles. The lowest BCUT2D eigenvalue weighted by atomic mass is 10.1. The van der Waals surface area contributed by atoms with Crippen molar-refractivity contribution in [1.82, 2.24) is 0 Å². The van der Waals surface area contributed by atoms with E-state index in [0.29, 0.717) is 0 Å². The van der Waals surface area contributed by atoms with E-state index in [-0.39, 0.29) is 11.3 Å². The molecule has 0 fully saturated rings. The summed E-state index contributed by atoms with van der Waals surface area (Å²) in [6.07, 6.45) is -4.69. The van der Waals surface area contributed by atoms with E-state index in [1.54, 1.807) is 0 Å². The number of anilines is 2. The molecule has 0 saturated heterocycles. The van der Waals surface area contributed by atoms with Gasteiger partial charge in [-0.1, -0.05) is 18.2 Å². The van der Waals surface area contributed by atoms with Gasteiger partial charge >= 0.3 is 24.0 Å². The third kappa shape index (κ3) is 4.59. The van der Waals surface area contributed by atoms with Gasteiger partial charge in [0.15, 0.2) is 0 Å². The minimum Gasteiger partial charge on any atom is -0.465 e. The standard InChI is InChI=1S/C17H13F3N2O4/c1-26-16(25)10-5-4-6-11(9-10)21-14(23)15(24)22-13-8-3-2-7-12(13)17(18,19)20/h2-9H,1H3,(H,21,23)(H,22,24). The van der Waals surface area contributed by atoms with Crippen molar-refractivity contribution in [2.24, 2.45) is 0 Å². The number of halogens is 3. The Labute approximate surface area is 146 Å². The molecule has 2 N–H and O–H groups in total. The monoisotopic (exact) mass is 366 g/mol. The zero-order valence-electron chi connectivity index (χ0n) is 13.4. The van der Waals surface area contributed by atoms with Crippen molar-refractivity contribution in [3.63, 3.8) is 0 Å². The summed E-state index contributed by atoms with van der Waals surface area (Å²) in [5, 5.41) is 4.12. The summed E-state index contributed by atoms with van der Waals surface area (Å²) in [5.74, 6) is -3.13. The molecule has 2 aromatic rings. The van der Waals surface area contributed by atoms with E-state index in [1.807, 2.05) is 5.32 Å². The van der Waals surface area contributed by atoms with Crippen LogP contribution in [0.2, 0.25) is 0 Å². The molecule has 6 nitrogen and oxygen atoms in total. The summed E-state index contributed by atoms with van der Waals surface area (Å²) < 4.78 is 43.2. The van der Waals surface area contributed by atoms with E-state index >= 15 is 0 Å². The molecule has 2 rings (SSSR count). The molecule has 0 aliphatic heterocycles. The number of hydrogen-bond donors (Lipinski definition) is 2. The number of rotatable bonds is 3. The highest BCUT2D eigenvalue weighted by Gasteiger charge is 2.34. The van der Waals surface area contributed by atoms with E-state index in [4.69, 9.17) is 0 Å². The van der Waals surface area contributed by atoms with Crippen molar-refractivity contribution in [2.75, 3.05) is 17.7 Å². The zero-order valence-corrected chi connectivity index (χ0v) is 13.4. The Bertz CT molecular complexity index is 850. The van der Waals surface area contributed by atoms with Crippen LogP contribution in [0.15, 0.2) is 48.5 Å². The minimum absolute atomic E-state index is 0.108. The van der Waals surface area contributed by atoms with Crippen molar-refractivity contribution >= 4 is 29.2 Å². The largest absolute Gasteiger partial charge is 0.465 e. The first-order valence-electron chi connectivity index (χ1n) is 7.19. The molecule has 0 atom stereocenters. The molecule has 0 heterocycles. The molecular formula is C17H13F3N2O4. The quantitative estimate of drug-likeness (QED) is 0.646. The fourth-order valence-electron chi connectivity index (χ4n) is 2.05. The highest BCUT2D eigenvalue weighted by Crippen LogP contribution is 2.34. The number of para-hydroxylation sites is 1. The number of ether oxygens (including phenoxy) is 1. The number of methoxy groups -OCH3 is 1. The summed E-state index contributed by atoms with van der Waals surface area (Å²) in [6, 6.07) is 9.82. The van der Waals surface area contributed by atoms with Crippen LogP contribution in [0.3, 0.4) is 0 Å². The third-order valence-corrected chi connectivity index (χ3v) is 3.23. The summed E-state index contributed by atoms with van der Waals surface area (Å²) in [4.78, 5) is 35.2. The molecule has 26 heavy (non-hydrogen) atoms. The molecule has 0 radical (unpaired) electrons. The van der Waals surface area contributed by atoms with Crippen molar-refractivity contribution in [2.45, 2.75) is 6.18 Å². The van der Waals surface area contributed by atoms with Crippen molar-refractivity contribution in [3.05, 3.63) is 59.7 Å². The number of esters is 1. The van der Waals surface area contributed by atoms with Crippen LogP contribution in [-0.4, -0.2) is 24.9 Å². The molecule has 0 bridgehead atoms. The van der Waals surface area contributed by atoms with Gasteiger partial charge in [0.05, 0.1) is 23.9 Å². The Morgan fingerprint density at radius 1 is 0.923 bits per heavy atom. The summed E-state index contributed by atoms with van der Waals surface area (Å²) in [6.45, 7) is 0. The van der Waals surface area contributed by atoms with E-state index in [0.717, 1.165) is 18.2 Å². The SMILES string of the molecule is COC(=O)c1cccc(NC(=O)C(=O)Nc2ccccc2C(F)(F)F)c1. The minimum atomic E-state index is -4.69. The van der Waals surface area contributed by atoms with Crippen LogP contribution in [0.4, 0.5) is 24.5 Å². The predicted molar refractivity (Wildman–Crippen MR) is 86.5 cm³/mol. The number of hydrogen-bond acceptors (Lipinski definition) is 4. The molecule has 0 saturated carbocycles. The molecule has 136 valence electrons. The molecule has 0 aliphatic carbocycles. The second-order valence-electron chi connectivity index (χ2n) is 5.02. The summed E-state index contributed by atoms with van der Waals surface area (Å²) >= 11 is 0. The summed E-state index contributed by atoms with van der Waals surface area (Å²) in [5.41, 5.74) is -1.37. The van der Waals surface area contributed by atoms with Crippen LogP contribution in [0.5, 0.6) is 0 Å². The summed E-state index contributed by atoms with van der Waals surface area (Å²) in [7, 11) is 1.18. The molecule has 0 unspecified atom stereocenters. The third-order valence-electron chi connectivity index (χ3n) is 3.23. The Kier molecular flexibility index (Phi) is 5.61. The number of benzene rings is 2. The first kappa shape index (κ1) is 19.0. The van der Waals surface area contributed by atoms with Gasteiger partial charge in [0.2, 0.25) is 0 Å². The average molecular weight is 366 g/mol. The second-order valence-corrected chi connectivity index (χ2v) is 5.02. The maximum Gasteiger partial charge on any atom is 0.418 e. The first-order valence-corrected chi connectivity index (χ1v) is 7.19. The molecule has 9 heteroatoms. The molecular weight excluding hydrogens is 353 g/mol. The van der Waals surface area contributed by atoms with Gasteiger partial charge in [-0.05, 0) is 30.3 Å². The number of amides is 2. The Hall–Kier alpha value is -3.36. The average Bonchev–Trinajstić information content (AvgIpc) is 2.60. The van der Waals surface area contributed by atoms with Gasteiger partial charge in [0.25, 0.3) is 0 Å². The lowest BCUT2D eigenvalue weighted by Gasteiger charge is -2.13. The van der Waals surface area contributed by atoms with Crippen LogP contribution in [0, 0.1) is 0 Å². The topological polar surface area (TPSA) is 84.5 Å².